The molecule has 2 heterocycles. The first-order valence-electron chi connectivity index (χ1n) is 5.70. The summed E-state index contributed by atoms with van der Waals surface area (Å²) in [5.74, 6) is -1.08. The number of carbonyl (C=O) groups excluding carboxylic acids is 1. The molecule has 0 aliphatic carbocycles. The molecule has 0 atom stereocenters. The fourth-order valence-electron chi connectivity index (χ4n) is 1.57. The van der Waals surface area contributed by atoms with Crippen molar-refractivity contribution < 1.29 is 14.7 Å². The van der Waals surface area contributed by atoms with Crippen LogP contribution in [0.25, 0.3) is 0 Å². The van der Waals surface area contributed by atoms with E-state index in [1.54, 1.807) is 11.3 Å². The lowest BCUT2D eigenvalue weighted by molar-refractivity contribution is -0.137. The Morgan fingerprint density at radius 3 is 3.00 bits per heavy atom. The highest BCUT2D eigenvalue weighted by molar-refractivity contribution is 7.09. The van der Waals surface area contributed by atoms with E-state index in [1.807, 2.05) is 17.5 Å². The van der Waals surface area contributed by atoms with Gasteiger partial charge < -0.3 is 10.4 Å². The fourth-order valence-corrected chi connectivity index (χ4v) is 2.28. The van der Waals surface area contributed by atoms with Crippen LogP contribution in [0.3, 0.4) is 0 Å². The van der Waals surface area contributed by atoms with Crippen LogP contribution in [0, 0.1) is 0 Å². The van der Waals surface area contributed by atoms with Crippen LogP contribution < -0.4 is 5.32 Å². The Balaban J connectivity index is 1.81. The zero-order chi connectivity index (χ0) is 13.7. The Kier molecular flexibility index (Phi) is 4.30. The number of hydrogen-bond donors (Lipinski definition) is 2. The summed E-state index contributed by atoms with van der Waals surface area (Å²) in [5, 5.41) is 17.1. The molecule has 0 bridgehead atoms. The molecule has 7 heteroatoms. The maximum absolute atomic E-state index is 11.7. The number of nitrogens with zero attached hydrogens (tertiary/aromatic N) is 2. The molecule has 0 fully saturated rings. The second kappa shape index (κ2) is 6.14. The average Bonchev–Trinajstić information content (AvgIpc) is 2.97. The van der Waals surface area contributed by atoms with Gasteiger partial charge in [0, 0.05) is 17.5 Å². The van der Waals surface area contributed by atoms with E-state index in [9.17, 15) is 9.59 Å². The van der Waals surface area contributed by atoms with Crippen LogP contribution in [0.15, 0.2) is 29.9 Å². The number of aliphatic carboxylic acids is 1. The first kappa shape index (κ1) is 13.3. The summed E-state index contributed by atoms with van der Waals surface area (Å²) < 4.78 is 1.26. The Morgan fingerprint density at radius 1 is 1.47 bits per heavy atom. The predicted molar refractivity (Wildman–Crippen MR) is 71.1 cm³/mol. The van der Waals surface area contributed by atoms with Crippen LogP contribution in [0.5, 0.6) is 0 Å². The summed E-state index contributed by atoms with van der Waals surface area (Å²) in [7, 11) is 0. The molecule has 0 aromatic carbocycles. The van der Waals surface area contributed by atoms with Gasteiger partial charge in [0.2, 0.25) is 5.91 Å². The van der Waals surface area contributed by atoms with Crippen molar-refractivity contribution in [2.45, 2.75) is 19.4 Å². The fraction of sp³-hybridized carbons (Fsp3) is 0.250. The van der Waals surface area contributed by atoms with Crippen LogP contribution in [0.4, 0.5) is 5.69 Å². The van der Waals surface area contributed by atoms with Gasteiger partial charge in [-0.1, -0.05) is 6.07 Å². The van der Waals surface area contributed by atoms with Gasteiger partial charge >= 0.3 is 5.97 Å². The van der Waals surface area contributed by atoms with Crippen LogP contribution in [0.2, 0.25) is 0 Å². The highest BCUT2D eigenvalue weighted by atomic mass is 32.1. The number of amides is 1. The van der Waals surface area contributed by atoms with Crippen LogP contribution >= 0.6 is 11.3 Å². The van der Waals surface area contributed by atoms with Crippen molar-refractivity contribution >= 4 is 28.9 Å². The Bertz CT molecular complexity index is 563. The molecular formula is C12H13N3O3S. The molecule has 0 aliphatic rings. The largest absolute Gasteiger partial charge is 0.480 e. The summed E-state index contributed by atoms with van der Waals surface area (Å²) >= 11 is 1.62. The molecular weight excluding hydrogens is 266 g/mol. The first-order chi connectivity index (χ1) is 9.13. The number of carboxylic acid groups (broad SMARTS) is 1. The van der Waals surface area contributed by atoms with E-state index in [1.165, 1.54) is 17.1 Å². The number of rotatable bonds is 6. The number of aromatic nitrogens is 2. The Hall–Kier alpha value is -2.15. The molecule has 0 unspecified atom stereocenters. The van der Waals surface area contributed by atoms with E-state index in [2.05, 4.69) is 10.4 Å². The van der Waals surface area contributed by atoms with Crippen molar-refractivity contribution in [3.8, 4) is 0 Å². The summed E-state index contributed by atoms with van der Waals surface area (Å²) in [5.41, 5.74) is 0.512. The summed E-state index contributed by atoms with van der Waals surface area (Å²) in [4.78, 5) is 23.3. The molecule has 6 nitrogen and oxygen atoms in total. The minimum atomic E-state index is -0.973. The first-order valence-corrected chi connectivity index (χ1v) is 6.58. The van der Waals surface area contributed by atoms with E-state index >= 15 is 0 Å². The van der Waals surface area contributed by atoms with Crippen molar-refractivity contribution in [1.82, 2.24) is 9.78 Å². The molecule has 0 saturated carbocycles. The number of hydrogen-bond acceptors (Lipinski definition) is 4. The standard InChI is InChI=1S/C12H13N3O3S/c16-11(4-3-10-2-1-5-19-10)14-9-6-13-15(7-9)8-12(17)18/h1-2,5-7H,3-4,8H2,(H,14,16)(H,17,18). The van der Waals surface area contributed by atoms with Gasteiger partial charge in [0.15, 0.2) is 0 Å². The molecule has 0 saturated heterocycles. The molecule has 1 amide bonds. The highest BCUT2D eigenvalue weighted by Crippen LogP contribution is 2.12. The normalized spacial score (nSPS) is 10.3. The van der Waals surface area contributed by atoms with Gasteiger partial charge in [-0.3, -0.25) is 14.3 Å². The SMILES string of the molecule is O=C(O)Cn1cc(NC(=O)CCc2cccs2)cn1. The smallest absolute Gasteiger partial charge is 0.325 e. The Labute approximate surface area is 113 Å². The molecule has 0 radical (unpaired) electrons. The number of nitrogens with one attached hydrogen (secondary N) is 1. The molecule has 19 heavy (non-hydrogen) atoms. The lowest BCUT2D eigenvalue weighted by Gasteiger charge is -2.01. The van der Waals surface area contributed by atoms with Crippen molar-refractivity contribution in [1.29, 1.82) is 0 Å². The van der Waals surface area contributed by atoms with E-state index in [-0.39, 0.29) is 12.5 Å². The molecule has 2 aromatic heterocycles. The van der Waals surface area contributed by atoms with Crippen molar-refractivity contribution in [2.75, 3.05) is 5.32 Å². The van der Waals surface area contributed by atoms with Crippen LogP contribution in [-0.4, -0.2) is 26.8 Å². The third kappa shape index (κ3) is 4.22. The highest BCUT2D eigenvalue weighted by Gasteiger charge is 2.07. The van der Waals surface area contributed by atoms with E-state index in [0.29, 0.717) is 18.5 Å². The van der Waals surface area contributed by atoms with Gasteiger partial charge in [0.05, 0.1) is 11.9 Å². The summed E-state index contributed by atoms with van der Waals surface area (Å²) in [6, 6.07) is 3.94. The lowest BCUT2D eigenvalue weighted by Crippen LogP contribution is -2.12. The van der Waals surface area contributed by atoms with E-state index < -0.39 is 5.97 Å². The average molecular weight is 279 g/mol. The van der Waals surface area contributed by atoms with E-state index in [0.717, 1.165) is 4.88 Å². The monoisotopic (exact) mass is 279 g/mol. The summed E-state index contributed by atoms with van der Waals surface area (Å²) in [6.45, 7) is -0.217. The minimum Gasteiger partial charge on any atom is -0.480 e. The van der Waals surface area contributed by atoms with Crippen LogP contribution in [-0.2, 0) is 22.6 Å². The van der Waals surface area contributed by atoms with Gasteiger partial charge in [-0.15, -0.1) is 11.3 Å². The number of thiophene rings is 1. The third-order valence-corrected chi connectivity index (χ3v) is 3.33. The lowest BCUT2D eigenvalue weighted by atomic mass is 10.2. The third-order valence-electron chi connectivity index (χ3n) is 2.39. The zero-order valence-corrected chi connectivity index (χ0v) is 10.9. The van der Waals surface area contributed by atoms with Gasteiger partial charge in [-0.05, 0) is 17.9 Å². The minimum absolute atomic E-state index is 0.108. The topological polar surface area (TPSA) is 84.2 Å². The Morgan fingerprint density at radius 2 is 2.32 bits per heavy atom. The molecule has 0 spiro atoms. The number of aryl methyl sites for hydroxylation is 1. The van der Waals surface area contributed by atoms with Gasteiger partial charge in [0.25, 0.3) is 0 Å². The van der Waals surface area contributed by atoms with E-state index in [4.69, 9.17) is 5.11 Å². The quantitative estimate of drug-likeness (QED) is 0.841. The van der Waals surface area contributed by atoms with Crippen molar-refractivity contribution in [2.24, 2.45) is 0 Å². The number of carbonyl (C=O) groups is 2. The maximum Gasteiger partial charge on any atom is 0.325 e. The molecule has 2 rings (SSSR count). The maximum atomic E-state index is 11.7. The van der Waals surface area contributed by atoms with Gasteiger partial charge in [0.1, 0.15) is 6.54 Å². The van der Waals surface area contributed by atoms with Crippen LogP contribution in [0.1, 0.15) is 11.3 Å². The molecule has 2 aromatic rings. The van der Waals surface area contributed by atoms with Gasteiger partial charge in [-0.25, -0.2) is 0 Å². The molecule has 2 N–H and O–H groups in total. The summed E-state index contributed by atoms with van der Waals surface area (Å²) in [6.07, 6.45) is 4.03. The van der Waals surface area contributed by atoms with Crippen molar-refractivity contribution in [3.05, 3.63) is 34.8 Å². The number of carboxylic acids is 1. The molecule has 0 aliphatic heterocycles. The van der Waals surface area contributed by atoms with Gasteiger partial charge in [-0.2, -0.15) is 5.10 Å². The second-order valence-corrected chi connectivity index (χ2v) is 4.98. The molecule has 100 valence electrons. The number of anilines is 1. The van der Waals surface area contributed by atoms with Crippen molar-refractivity contribution in [3.63, 3.8) is 0 Å². The second-order valence-electron chi connectivity index (χ2n) is 3.95. The zero-order valence-electron chi connectivity index (χ0n) is 10.1. The predicted octanol–water partition coefficient (Wildman–Crippen LogP) is 1.60.